The number of Topliss-reactive ketones (excluding diaryl/α,β-unsaturated/α-hetero) is 1. The highest BCUT2D eigenvalue weighted by atomic mass is 32.1. The van der Waals surface area contributed by atoms with Gasteiger partial charge in [-0.15, -0.1) is 11.3 Å². The Morgan fingerprint density at radius 3 is 2.89 bits per heavy atom. The van der Waals surface area contributed by atoms with Crippen molar-refractivity contribution >= 4 is 62.2 Å². The largest absolute Gasteiger partial charge is 0.347 e. The molecule has 2 aromatic heterocycles. The predicted octanol–water partition coefficient (Wildman–Crippen LogP) is 4.09. The molecule has 0 radical (unpaired) electrons. The van der Waals surface area contributed by atoms with Gasteiger partial charge < -0.3 is 15.5 Å². The number of urea groups is 1. The summed E-state index contributed by atoms with van der Waals surface area (Å²) in [6.45, 7) is 6.05. The second kappa shape index (κ2) is 8.95. The smallest absolute Gasteiger partial charge is 0.331 e. The summed E-state index contributed by atoms with van der Waals surface area (Å²) in [6.07, 6.45) is 4.41. The van der Waals surface area contributed by atoms with Gasteiger partial charge in [0.05, 0.1) is 22.4 Å². The number of anilines is 3. The molecule has 1 unspecified atom stereocenters. The maximum atomic E-state index is 13.3. The lowest BCUT2D eigenvalue weighted by molar-refractivity contribution is -0.127. The summed E-state index contributed by atoms with van der Waals surface area (Å²) in [5, 5.41) is 6.54. The van der Waals surface area contributed by atoms with Gasteiger partial charge in [0.1, 0.15) is 9.71 Å². The first kappa shape index (κ1) is 22.7. The molecular weight excluding hydrogens is 466 g/mol. The molecule has 0 spiro atoms. The number of nitrogens with one attached hydrogen (secondary N) is 2. The minimum Gasteiger partial charge on any atom is -0.347 e. The van der Waals surface area contributed by atoms with Gasteiger partial charge in [-0.25, -0.2) is 9.78 Å². The van der Waals surface area contributed by atoms with E-state index in [4.69, 9.17) is 0 Å². The second-order valence-corrected chi connectivity index (χ2v) is 9.49. The molecule has 3 aromatic rings. The number of benzene rings is 1. The van der Waals surface area contributed by atoms with E-state index in [0.29, 0.717) is 50.8 Å². The zero-order valence-corrected chi connectivity index (χ0v) is 19.9. The Morgan fingerprint density at radius 1 is 1.29 bits per heavy atom. The fourth-order valence-corrected chi connectivity index (χ4v) is 5.56. The minimum absolute atomic E-state index is 0.101. The van der Waals surface area contributed by atoms with Crippen molar-refractivity contribution in [3.8, 4) is 0 Å². The molecule has 2 aliphatic rings. The van der Waals surface area contributed by atoms with Gasteiger partial charge in [-0.1, -0.05) is 18.7 Å². The Morgan fingerprint density at radius 2 is 2.11 bits per heavy atom. The van der Waals surface area contributed by atoms with Crippen LogP contribution in [0.1, 0.15) is 39.8 Å². The maximum absolute atomic E-state index is 13.3. The molecule has 0 saturated carbocycles. The molecule has 9 nitrogen and oxygen atoms in total. The van der Waals surface area contributed by atoms with Crippen molar-refractivity contribution in [3.63, 3.8) is 0 Å². The third-order valence-electron chi connectivity index (χ3n) is 6.21. The molecule has 10 heteroatoms. The predicted molar refractivity (Wildman–Crippen MR) is 134 cm³/mol. The van der Waals surface area contributed by atoms with Crippen molar-refractivity contribution in [1.29, 1.82) is 0 Å². The number of rotatable bonds is 5. The highest BCUT2D eigenvalue weighted by Gasteiger charge is 2.34. The molecule has 4 amide bonds. The molecule has 1 aromatic carbocycles. The van der Waals surface area contributed by atoms with Crippen molar-refractivity contribution in [2.75, 3.05) is 23.3 Å². The summed E-state index contributed by atoms with van der Waals surface area (Å²) in [5.74, 6) is -0.578. The van der Waals surface area contributed by atoms with Crippen molar-refractivity contribution in [2.45, 2.75) is 25.8 Å². The average molecular weight is 490 g/mol. The Hall–Kier alpha value is -4.05. The molecule has 1 saturated heterocycles. The first-order chi connectivity index (χ1) is 16.9. The third kappa shape index (κ3) is 4.06. The summed E-state index contributed by atoms with van der Waals surface area (Å²) in [4.78, 5) is 58.9. The van der Waals surface area contributed by atoms with Gasteiger partial charge in [0.15, 0.2) is 5.78 Å². The molecule has 35 heavy (non-hydrogen) atoms. The average Bonchev–Trinajstić information content (AvgIpc) is 3.23. The fraction of sp³-hybridized carbons (Fsp3) is 0.240. The number of piperidine rings is 1. The highest BCUT2D eigenvalue weighted by molar-refractivity contribution is 7.21. The van der Waals surface area contributed by atoms with E-state index in [1.54, 1.807) is 41.4 Å². The number of pyridine rings is 1. The second-order valence-electron chi connectivity index (χ2n) is 8.49. The van der Waals surface area contributed by atoms with E-state index < -0.39 is 6.03 Å². The highest BCUT2D eigenvalue weighted by Crippen LogP contribution is 2.45. The van der Waals surface area contributed by atoms with Crippen LogP contribution in [0.4, 0.5) is 21.9 Å². The van der Waals surface area contributed by atoms with Gasteiger partial charge in [-0.05, 0) is 44.0 Å². The molecule has 4 heterocycles. The molecular formula is C25H23N5O4S. The Labute approximate surface area is 205 Å². The van der Waals surface area contributed by atoms with Gasteiger partial charge in [0.25, 0.3) is 5.91 Å². The molecule has 0 bridgehead atoms. The van der Waals surface area contributed by atoms with E-state index in [-0.39, 0.29) is 23.6 Å². The number of thiophene rings is 1. The van der Waals surface area contributed by atoms with Crippen LogP contribution in [0.25, 0.3) is 10.2 Å². The van der Waals surface area contributed by atoms with Crippen LogP contribution in [-0.4, -0.2) is 52.6 Å². The molecule has 178 valence electrons. The molecule has 2 aliphatic heterocycles. The third-order valence-corrected chi connectivity index (χ3v) is 7.30. The lowest BCUT2D eigenvalue weighted by atomic mass is 10.1. The molecule has 1 fully saturated rings. The fourth-order valence-electron chi connectivity index (χ4n) is 4.54. The number of ketones is 1. The van der Waals surface area contributed by atoms with Crippen LogP contribution >= 0.6 is 11.3 Å². The molecule has 0 aliphatic carbocycles. The summed E-state index contributed by atoms with van der Waals surface area (Å²) in [7, 11) is 0. The standard InChI is InChI=1S/C25H23N5O4S/c1-3-19(32)29-11-5-7-16(13-29)27-23(33)22-21-20-18(9-10-26-24(20)35-22)30(25(34)28-21)17-8-4-6-15(12-17)14(2)31/h3-4,6,8-10,12,16H,1,5,7,11,13H2,2H3,(H,27,33)(H,28,34). The van der Waals surface area contributed by atoms with Crippen LogP contribution in [0.15, 0.2) is 49.2 Å². The zero-order chi connectivity index (χ0) is 24.7. The van der Waals surface area contributed by atoms with Crippen LogP contribution in [0.2, 0.25) is 0 Å². The number of carbonyl (C=O) groups excluding carboxylic acids is 4. The van der Waals surface area contributed by atoms with Gasteiger partial charge in [-0.2, -0.15) is 0 Å². The Balaban J connectivity index is 1.48. The lowest BCUT2D eigenvalue weighted by Crippen LogP contribution is -2.49. The van der Waals surface area contributed by atoms with E-state index in [1.165, 1.54) is 29.2 Å². The first-order valence-electron chi connectivity index (χ1n) is 11.2. The van der Waals surface area contributed by atoms with Crippen molar-refractivity contribution < 1.29 is 19.2 Å². The van der Waals surface area contributed by atoms with Crippen LogP contribution in [-0.2, 0) is 4.79 Å². The lowest BCUT2D eigenvalue weighted by Gasteiger charge is -2.32. The monoisotopic (exact) mass is 489 g/mol. The summed E-state index contributed by atoms with van der Waals surface area (Å²) < 4.78 is 0. The van der Waals surface area contributed by atoms with Crippen molar-refractivity contribution in [1.82, 2.24) is 15.2 Å². The van der Waals surface area contributed by atoms with E-state index in [1.807, 2.05) is 0 Å². The zero-order valence-electron chi connectivity index (χ0n) is 19.0. The minimum atomic E-state index is -0.432. The van der Waals surface area contributed by atoms with Crippen molar-refractivity contribution in [3.05, 3.63) is 59.6 Å². The van der Waals surface area contributed by atoms with Crippen LogP contribution in [0.5, 0.6) is 0 Å². The van der Waals surface area contributed by atoms with Gasteiger partial charge in [0, 0.05) is 30.9 Å². The van der Waals surface area contributed by atoms with E-state index in [9.17, 15) is 19.2 Å². The first-order valence-corrected chi connectivity index (χ1v) is 12.0. The van der Waals surface area contributed by atoms with Gasteiger partial charge in [-0.3, -0.25) is 19.3 Å². The maximum Gasteiger partial charge on any atom is 0.331 e. The molecule has 5 rings (SSSR count). The summed E-state index contributed by atoms with van der Waals surface area (Å²) in [6, 6.07) is 7.93. The van der Waals surface area contributed by atoms with Crippen LogP contribution in [0.3, 0.4) is 0 Å². The van der Waals surface area contributed by atoms with E-state index >= 15 is 0 Å². The van der Waals surface area contributed by atoms with Crippen LogP contribution in [0, 0.1) is 0 Å². The SMILES string of the molecule is C=CC(=O)N1CCCC(NC(=O)c2sc3nccc4c3c2NC(=O)N4c2cccc(C(C)=O)c2)C1. The summed E-state index contributed by atoms with van der Waals surface area (Å²) >= 11 is 1.20. The quantitative estimate of drug-likeness (QED) is 0.414. The number of carbonyl (C=O) groups is 4. The van der Waals surface area contributed by atoms with E-state index in [2.05, 4.69) is 22.2 Å². The number of aromatic nitrogens is 1. The molecule has 1 atom stereocenters. The number of likely N-dealkylation sites (tertiary alicyclic amines) is 1. The topological polar surface area (TPSA) is 112 Å². The Bertz CT molecular complexity index is 1400. The van der Waals surface area contributed by atoms with Crippen molar-refractivity contribution in [2.24, 2.45) is 0 Å². The number of nitrogens with zero attached hydrogens (tertiary/aromatic N) is 3. The number of hydrogen-bond acceptors (Lipinski definition) is 6. The van der Waals surface area contributed by atoms with E-state index in [0.717, 1.165) is 12.8 Å². The van der Waals surface area contributed by atoms with Gasteiger partial charge >= 0.3 is 6.03 Å². The molecule has 2 N–H and O–H groups in total. The number of amides is 4. The normalized spacial score (nSPS) is 17.2. The van der Waals surface area contributed by atoms with Gasteiger partial charge in [0.2, 0.25) is 5.91 Å². The number of hydrogen-bond donors (Lipinski definition) is 2. The van der Waals surface area contributed by atoms with Crippen LogP contribution < -0.4 is 15.5 Å². The summed E-state index contributed by atoms with van der Waals surface area (Å²) in [5.41, 5.74) is 2.04. The Kier molecular flexibility index (Phi) is 5.81.